The Labute approximate surface area is 250 Å². The van der Waals surface area contributed by atoms with Gasteiger partial charge in [-0.15, -0.1) is 0 Å². The fraction of sp³-hybridized carbons (Fsp3) is 0.214. The number of aromatic carboxylic acids is 1. The fourth-order valence-corrected chi connectivity index (χ4v) is 5.24. The van der Waals surface area contributed by atoms with E-state index in [0.717, 1.165) is 11.8 Å². The summed E-state index contributed by atoms with van der Waals surface area (Å²) in [5, 5.41) is 9.10. The Morgan fingerprint density at radius 3 is 2.30 bits per heavy atom. The molecular weight excluding hydrogens is 622 g/mol. The van der Waals surface area contributed by atoms with Crippen LogP contribution in [0.1, 0.15) is 33.6 Å². The van der Waals surface area contributed by atoms with Crippen molar-refractivity contribution in [3.8, 4) is 22.8 Å². The molecule has 1 saturated heterocycles. The predicted molar refractivity (Wildman–Crippen MR) is 150 cm³/mol. The molecule has 43 heavy (non-hydrogen) atoms. The van der Waals surface area contributed by atoms with Crippen molar-refractivity contribution in [2.75, 3.05) is 20.3 Å². The Morgan fingerprint density at radius 1 is 1.02 bits per heavy atom. The van der Waals surface area contributed by atoms with E-state index in [9.17, 15) is 35.9 Å². The summed E-state index contributed by atoms with van der Waals surface area (Å²) in [6.45, 7) is 0.314. The average molecular weight is 643 g/mol. The third kappa shape index (κ3) is 7.65. The highest BCUT2D eigenvalue weighted by Crippen LogP contribution is 2.39. The number of thiocarbonyl (C=S) groups is 1. The summed E-state index contributed by atoms with van der Waals surface area (Å²) in [5.41, 5.74) is -3.32. The number of aromatic nitrogens is 1. The first-order valence-corrected chi connectivity index (χ1v) is 13.5. The van der Waals surface area contributed by atoms with Gasteiger partial charge in [-0.25, -0.2) is 9.78 Å². The van der Waals surface area contributed by atoms with E-state index < -0.39 is 35.4 Å². The number of rotatable bonds is 9. The van der Waals surface area contributed by atoms with Crippen molar-refractivity contribution < 1.29 is 50.5 Å². The minimum absolute atomic E-state index is 0.0227. The van der Waals surface area contributed by atoms with Crippen LogP contribution in [0, 0.1) is 0 Å². The number of hydrogen-bond acceptors (Lipinski definition) is 7. The number of hydrogen-bond donors (Lipinski definition) is 1. The average Bonchev–Trinajstić information content (AvgIpc) is 3.21. The van der Waals surface area contributed by atoms with Gasteiger partial charge in [0.25, 0.3) is 5.91 Å². The van der Waals surface area contributed by atoms with Crippen LogP contribution in [0.15, 0.2) is 59.5 Å². The van der Waals surface area contributed by atoms with Crippen molar-refractivity contribution in [2.45, 2.75) is 18.8 Å². The molecule has 3 aromatic rings. The predicted octanol–water partition coefficient (Wildman–Crippen LogP) is 7.16. The summed E-state index contributed by atoms with van der Waals surface area (Å²) in [5.74, 6) is -1.04. The first-order valence-electron chi connectivity index (χ1n) is 12.2. The van der Waals surface area contributed by atoms with Gasteiger partial charge in [0.05, 0.1) is 46.7 Å². The Bertz CT molecular complexity index is 1570. The maximum atomic E-state index is 13.3. The first kappa shape index (κ1) is 31.8. The van der Waals surface area contributed by atoms with E-state index in [2.05, 4.69) is 4.98 Å². The quantitative estimate of drug-likeness (QED) is 0.114. The molecule has 0 bridgehead atoms. The van der Waals surface area contributed by atoms with Gasteiger partial charge in [-0.05, 0) is 61.0 Å². The van der Waals surface area contributed by atoms with Gasteiger partial charge in [0, 0.05) is 12.1 Å². The Balaban J connectivity index is 1.47. The van der Waals surface area contributed by atoms with Crippen LogP contribution in [0.5, 0.6) is 11.5 Å². The van der Waals surface area contributed by atoms with E-state index in [1.165, 1.54) is 54.5 Å². The van der Waals surface area contributed by atoms with Crippen LogP contribution in [0.2, 0.25) is 0 Å². The molecule has 0 atom stereocenters. The van der Waals surface area contributed by atoms with Crippen LogP contribution in [-0.2, 0) is 17.1 Å². The number of thioether (sulfide) groups is 1. The van der Waals surface area contributed by atoms with Gasteiger partial charge in [0.1, 0.15) is 4.32 Å². The molecule has 1 aliphatic heterocycles. The number of amides is 1. The second-order valence-corrected chi connectivity index (χ2v) is 10.6. The van der Waals surface area contributed by atoms with E-state index in [1.807, 2.05) is 0 Å². The lowest BCUT2D eigenvalue weighted by molar-refractivity contribution is -0.143. The molecular formula is C28H20F6N2O5S2. The first-order chi connectivity index (χ1) is 20.2. The normalized spacial score (nSPS) is 14.9. The lowest BCUT2D eigenvalue weighted by Crippen LogP contribution is -2.30. The molecule has 0 radical (unpaired) electrons. The lowest BCUT2D eigenvalue weighted by atomic mass is 10.0. The number of carboxylic acid groups (broad SMARTS) is 1. The number of ether oxygens (including phenoxy) is 2. The lowest BCUT2D eigenvalue weighted by Gasteiger charge is -2.15. The largest absolute Gasteiger partial charge is 0.493 e. The molecule has 4 rings (SSSR count). The van der Waals surface area contributed by atoms with Crippen molar-refractivity contribution in [3.05, 3.63) is 81.9 Å². The zero-order valence-electron chi connectivity index (χ0n) is 22.0. The zero-order valence-corrected chi connectivity index (χ0v) is 23.6. The van der Waals surface area contributed by atoms with E-state index in [4.69, 9.17) is 26.8 Å². The van der Waals surface area contributed by atoms with Crippen molar-refractivity contribution in [1.29, 1.82) is 0 Å². The maximum Gasteiger partial charge on any atom is 0.416 e. The highest BCUT2D eigenvalue weighted by molar-refractivity contribution is 8.26. The van der Waals surface area contributed by atoms with Crippen molar-refractivity contribution in [2.24, 2.45) is 0 Å². The Kier molecular flexibility index (Phi) is 9.35. The maximum absolute atomic E-state index is 13.3. The molecule has 1 fully saturated rings. The van der Waals surface area contributed by atoms with Crippen LogP contribution in [0.25, 0.3) is 17.3 Å². The molecule has 15 heteroatoms. The summed E-state index contributed by atoms with van der Waals surface area (Å²) < 4.78 is 90.9. The number of benzene rings is 2. The monoisotopic (exact) mass is 642 g/mol. The molecule has 1 aromatic heterocycles. The van der Waals surface area contributed by atoms with Gasteiger partial charge in [-0.1, -0.05) is 30.0 Å². The van der Waals surface area contributed by atoms with E-state index in [-0.39, 0.29) is 56.7 Å². The number of halogens is 6. The highest BCUT2D eigenvalue weighted by Gasteiger charge is 2.37. The van der Waals surface area contributed by atoms with Crippen molar-refractivity contribution in [1.82, 2.24) is 9.88 Å². The van der Waals surface area contributed by atoms with E-state index in [0.29, 0.717) is 24.3 Å². The van der Waals surface area contributed by atoms with Crippen LogP contribution < -0.4 is 9.47 Å². The molecule has 0 saturated carbocycles. The second-order valence-electron chi connectivity index (χ2n) is 8.95. The summed E-state index contributed by atoms with van der Waals surface area (Å²) >= 11 is 6.28. The molecule has 1 N–H and O–H groups in total. The third-order valence-corrected chi connectivity index (χ3v) is 7.38. The molecule has 2 heterocycles. The van der Waals surface area contributed by atoms with Gasteiger partial charge in [0.15, 0.2) is 11.5 Å². The smallest absolute Gasteiger partial charge is 0.416 e. The molecule has 1 amide bonds. The van der Waals surface area contributed by atoms with Crippen molar-refractivity contribution in [3.63, 3.8) is 0 Å². The molecule has 226 valence electrons. The molecule has 7 nitrogen and oxygen atoms in total. The minimum Gasteiger partial charge on any atom is -0.493 e. The number of carbonyl (C=O) groups excluding carboxylic acids is 1. The van der Waals surface area contributed by atoms with Gasteiger partial charge >= 0.3 is 18.3 Å². The van der Waals surface area contributed by atoms with Crippen LogP contribution in [0.3, 0.4) is 0 Å². The fourth-order valence-electron chi connectivity index (χ4n) is 3.95. The molecule has 2 aromatic carbocycles. The van der Waals surface area contributed by atoms with Gasteiger partial charge < -0.3 is 14.6 Å². The van der Waals surface area contributed by atoms with Gasteiger partial charge in [-0.2, -0.15) is 26.3 Å². The minimum atomic E-state index is -5.01. The SMILES string of the molecule is COc1cc(C(=O)O)ccc1OCCCN1C(=O)/C(=C/c2cccc(-c3cc(C(F)(F)F)cc(C(F)(F)F)c3)n2)SC1=S. The van der Waals surface area contributed by atoms with Crippen molar-refractivity contribution >= 4 is 46.3 Å². The van der Waals surface area contributed by atoms with Crippen LogP contribution in [0.4, 0.5) is 26.3 Å². The Hall–Kier alpha value is -4.11. The number of nitrogens with zero attached hydrogens (tertiary/aromatic N) is 2. The number of alkyl halides is 6. The van der Waals surface area contributed by atoms with Crippen LogP contribution in [-0.4, -0.2) is 51.4 Å². The topological polar surface area (TPSA) is 89.0 Å². The summed E-state index contributed by atoms with van der Waals surface area (Å²) in [6, 6.07) is 9.45. The standard InChI is InChI=1S/C28H20F6N2O5S2/c1-40-22-12-15(25(38)39)6-7-21(22)41-9-3-8-36-24(37)23(43-26(36)42)14-19-4-2-5-20(35-19)16-10-17(27(29,30)31)13-18(11-16)28(32,33)34/h2,4-7,10-14H,3,8-9H2,1H3,(H,38,39)/b23-14-. The second kappa shape index (κ2) is 12.6. The van der Waals surface area contributed by atoms with Crippen LogP contribution >= 0.6 is 24.0 Å². The number of methoxy groups -OCH3 is 1. The molecule has 0 aliphatic carbocycles. The number of pyridine rings is 1. The number of carboxylic acids is 1. The number of carbonyl (C=O) groups is 2. The highest BCUT2D eigenvalue weighted by atomic mass is 32.2. The molecule has 0 unspecified atom stereocenters. The van der Waals surface area contributed by atoms with E-state index >= 15 is 0 Å². The Morgan fingerprint density at radius 2 is 1.70 bits per heavy atom. The molecule has 1 aliphatic rings. The van der Waals surface area contributed by atoms with E-state index in [1.54, 1.807) is 0 Å². The zero-order chi connectivity index (χ0) is 31.5. The summed E-state index contributed by atoms with van der Waals surface area (Å²) in [4.78, 5) is 29.8. The van der Waals surface area contributed by atoms with Gasteiger partial charge in [0.2, 0.25) is 0 Å². The molecule has 0 spiro atoms. The third-order valence-electron chi connectivity index (χ3n) is 6.00. The summed E-state index contributed by atoms with van der Waals surface area (Å²) in [6.07, 6.45) is -8.33. The summed E-state index contributed by atoms with van der Waals surface area (Å²) in [7, 11) is 1.37. The van der Waals surface area contributed by atoms with Gasteiger partial charge in [-0.3, -0.25) is 9.69 Å².